The van der Waals surface area contributed by atoms with Crippen molar-refractivity contribution in [3.63, 3.8) is 0 Å². The molecule has 3 heteroatoms. The van der Waals surface area contributed by atoms with Crippen molar-refractivity contribution in [2.75, 3.05) is 19.6 Å². The molecule has 0 atom stereocenters. The first kappa shape index (κ1) is 13.5. The first-order valence-electron chi connectivity index (χ1n) is 6.38. The first-order chi connectivity index (χ1) is 7.36. The molecule has 0 unspecified atom stereocenters. The Bertz CT molecular complexity index is 237. The van der Waals surface area contributed by atoms with Crippen LogP contribution in [0, 0.1) is 0 Å². The van der Waals surface area contributed by atoms with E-state index in [2.05, 4.69) is 32.6 Å². The van der Waals surface area contributed by atoms with E-state index in [1.165, 1.54) is 0 Å². The van der Waals surface area contributed by atoms with E-state index in [-0.39, 0.29) is 11.4 Å². The molecule has 0 bridgehead atoms. The van der Waals surface area contributed by atoms with Crippen molar-refractivity contribution in [1.82, 2.24) is 9.80 Å². The van der Waals surface area contributed by atoms with Gasteiger partial charge in [-0.3, -0.25) is 9.69 Å². The van der Waals surface area contributed by atoms with E-state index in [1.54, 1.807) is 6.92 Å². The van der Waals surface area contributed by atoms with E-state index in [0.717, 1.165) is 32.5 Å². The van der Waals surface area contributed by atoms with Crippen LogP contribution in [0.15, 0.2) is 0 Å². The quantitative estimate of drug-likeness (QED) is 0.720. The third-order valence-electron chi connectivity index (χ3n) is 3.55. The summed E-state index contributed by atoms with van der Waals surface area (Å²) in [5, 5.41) is 0. The van der Waals surface area contributed by atoms with Crippen LogP contribution in [0.5, 0.6) is 0 Å². The van der Waals surface area contributed by atoms with Crippen molar-refractivity contribution in [3.05, 3.63) is 0 Å². The fraction of sp³-hybridized carbons (Fsp3) is 0.923. The smallest absolute Gasteiger partial charge is 0.219 e. The van der Waals surface area contributed by atoms with E-state index in [0.29, 0.717) is 6.04 Å². The van der Waals surface area contributed by atoms with Crippen LogP contribution < -0.4 is 0 Å². The van der Waals surface area contributed by atoms with Crippen LogP contribution in [0.25, 0.3) is 0 Å². The minimum absolute atomic E-state index is 0.220. The highest BCUT2D eigenvalue weighted by molar-refractivity contribution is 5.73. The van der Waals surface area contributed by atoms with Gasteiger partial charge in [0.15, 0.2) is 0 Å². The SMILES string of the molecule is CCN(C1CCN(C(C)=O)CC1)C(C)(C)C. The molecule has 1 aliphatic rings. The number of carbonyl (C=O) groups excluding carboxylic acids is 1. The number of hydrogen-bond donors (Lipinski definition) is 0. The Balaban J connectivity index is 2.55. The molecule has 0 saturated carbocycles. The third-order valence-corrected chi connectivity index (χ3v) is 3.55. The summed E-state index contributed by atoms with van der Waals surface area (Å²) in [6.07, 6.45) is 2.23. The van der Waals surface area contributed by atoms with Gasteiger partial charge in [-0.2, -0.15) is 0 Å². The first-order valence-corrected chi connectivity index (χ1v) is 6.38. The fourth-order valence-electron chi connectivity index (χ4n) is 2.77. The Kier molecular flexibility index (Phi) is 4.36. The van der Waals surface area contributed by atoms with Crippen LogP contribution in [0.3, 0.4) is 0 Å². The Hall–Kier alpha value is -0.570. The maximum atomic E-state index is 11.3. The molecule has 16 heavy (non-hydrogen) atoms. The zero-order chi connectivity index (χ0) is 12.3. The van der Waals surface area contributed by atoms with Crippen molar-refractivity contribution < 1.29 is 4.79 Å². The second kappa shape index (κ2) is 5.17. The minimum Gasteiger partial charge on any atom is -0.343 e. The maximum Gasteiger partial charge on any atom is 0.219 e. The number of nitrogens with zero attached hydrogens (tertiary/aromatic N) is 2. The van der Waals surface area contributed by atoms with Gasteiger partial charge in [-0.15, -0.1) is 0 Å². The van der Waals surface area contributed by atoms with Crippen molar-refractivity contribution in [3.8, 4) is 0 Å². The molecule has 0 aliphatic carbocycles. The van der Waals surface area contributed by atoms with Gasteiger partial charge in [-0.1, -0.05) is 6.92 Å². The molecule has 0 aromatic rings. The standard InChI is InChI=1S/C13H26N2O/c1-6-15(13(3,4)5)12-7-9-14(10-8-12)11(2)16/h12H,6-10H2,1-5H3. The molecule has 1 heterocycles. The molecule has 0 aromatic heterocycles. The Morgan fingerprint density at radius 1 is 1.31 bits per heavy atom. The number of likely N-dealkylation sites (tertiary alicyclic amines) is 1. The monoisotopic (exact) mass is 226 g/mol. The summed E-state index contributed by atoms with van der Waals surface area (Å²) >= 11 is 0. The van der Waals surface area contributed by atoms with E-state index < -0.39 is 0 Å². The van der Waals surface area contributed by atoms with Gasteiger partial charge in [0.25, 0.3) is 0 Å². The molecular weight excluding hydrogens is 200 g/mol. The van der Waals surface area contributed by atoms with Crippen LogP contribution in [0.2, 0.25) is 0 Å². The van der Waals surface area contributed by atoms with Crippen LogP contribution in [0.4, 0.5) is 0 Å². The summed E-state index contributed by atoms with van der Waals surface area (Å²) in [6.45, 7) is 13.6. The van der Waals surface area contributed by atoms with Crippen LogP contribution in [0.1, 0.15) is 47.5 Å². The Labute approximate surface area is 99.8 Å². The predicted octanol–water partition coefficient (Wildman–Crippen LogP) is 2.12. The van der Waals surface area contributed by atoms with Gasteiger partial charge < -0.3 is 4.90 Å². The van der Waals surface area contributed by atoms with Crippen LogP contribution in [-0.2, 0) is 4.79 Å². The molecular formula is C13H26N2O. The van der Waals surface area contributed by atoms with Gasteiger partial charge in [0.1, 0.15) is 0 Å². The van der Waals surface area contributed by atoms with Crippen LogP contribution in [-0.4, -0.2) is 46.9 Å². The van der Waals surface area contributed by atoms with Gasteiger partial charge in [-0.05, 0) is 40.2 Å². The van der Waals surface area contributed by atoms with Crippen LogP contribution >= 0.6 is 0 Å². The number of rotatable bonds is 2. The molecule has 3 nitrogen and oxygen atoms in total. The molecule has 0 N–H and O–H groups in total. The zero-order valence-electron chi connectivity index (χ0n) is 11.4. The number of piperidine rings is 1. The molecule has 1 saturated heterocycles. The van der Waals surface area contributed by atoms with E-state index >= 15 is 0 Å². The van der Waals surface area contributed by atoms with Gasteiger partial charge in [0, 0.05) is 31.6 Å². The molecule has 1 amide bonds. The average molecular weight is 226 g/mol. The summed E-state index contributed by atoms with van der Waals surface area (Å²) in [5.41, 5.74) is 0.234. The van der Waals surface area contributed by atoms with Crippen molar-refractivity contribution in [1.29, 1.82) is 0 Å². The highest BCUT2D eigenvalue weighted by atomic mass is 16.2. The Morgan fingerprint density at radius 2 is 1.81 bits per heavy atom. The van der Waals surface area contributed by atoms with E-state index in [9.17, 15) is 4.79 Å². The zero-order valence-corrected chi connectivity index (χ0v) is 11.4. The normalized spacial score (nSPS) is 19.2. The second-order valence-electron chi connectivity index (χ2n) is 5.69. The van der Waals surface area contributed by atoms with E-state index in [4.69, 9.17) is 0 Å². The molecule has 94 valence electrons. The van der Waals surface area contributed by atoms with Gasteiger partial charge in [0.2, 0.25) is 5.91 Å². The lowest BCUT2D eigenvalue weighted by Gasteiger charge is -2.44. The lowest BCUT2D eigenvalue weighted by molar-refractivity contribution is -0.130. The summed E-state index contributed by atoms with van der Waals surface area (Å²) < 4.78 is 0. The van der Waals surface area contributed by atoms with Gasteiger partial charge in [0.05, 0.1) is 0 Å². The van der Waals surface area contributed by atoms with E-state index in [1.807, 2.05) is 4.90 Å². The topological polar surface area (TPSA) is 23.6 Å². The van der Waals surface area contributed by atoms with Crippen molar-refractivity contribution in [2.24, 2.45) is 0 Å². The number of hydrogen-bond acceptors (Lipinski definition) is 2. The Morgan fingerprint density at radius 3 is 2.12 bits per heavy atom. The molecule has 0 aromatic carbocycles. The second-order valence-corrected chi connectivity index (χ2v) is 5.69. The highest BCUT2D eigenvalue weighted by Crippen LogP contribution is 2.23. The largest absolute Gasteiger partial charge is 0.343 e. The van der Waals surface area contributed by atoms with Gasteiger partial charge in [-0.25, -0.2) is 0 Å². The molecule has 1 rings (SSSR count). The minimum atomic E-state index is 0.220. The maximum absolute atomic E-state index is 11.3. The highest BCUT2D eigenvalue weighted by Gasteiger charge is 2.30. The summed E-state index contributed by atoms with van der Waals surface area (Å²) in [7, 11) is 0. The lowest BCUT2D eigenvalue weighted by Crippen LogP contribution is -2.52. The molecule has 1 aliphatic heterocycles. The third kappa shape index (κ3) is 3.21. The van der Waals surface area contributed by atoms with Gasteiger partial charge >= 0.3 is 0 Å². The molecule has 0 radical (unpaired) electrons. The van der Waals surface area contributed by atoms with Crippen molar-refractivity contribution in [2.45, 2.75) is 59.0 Å². The number of carbonyl (C=O) groups is 1. The number of amides is 1. The summed E-state index contributed by atoms with van der Waals surface area (Å²) in [6, 6.07) is 0.639. The summed E-state index contributed by atoms with van der Waals surface area (Å²) in [4.78, 5) is 15.8. The van der Waals surface area contributed by atoms with Crippen molar-refractivity contribution >= 4 is 5.91 Å². The summed E-state index contributed by atoms with van der Waals surface area (Å²) in [5.74, 6) is 0.220. The fourth-order valence-corrected chi connectivity index (χ4v) is 2.77. The average Bonchev–Trinajstić information content (AvgIpc) is 2.17. The molecule has 1 fully saturated rings. The molecule has 0 spiro atoms. The lowest BCUT2D eigenvalue weighted by atomic mass is 9.96. The predicted molar refractivity (Wildman–Crippen MR) is 67.4 cm³/mol.